The average Bonchev–Trinajstić information content (AvgIpc) is 2.68. The number of anilines is 2. The molecule has 0 spiro atoms. The van der Waals surface area contributed by atoms with Gasteiger partial charge in [-0.3, -0.25) is 4.79 Å². The molecule has 0 bridgehead atoms. The molecular formula is C19H22N4O3. The van der Waals surface area contributed by atoms with Crippen molar-refractivity contribution in [1.29, 1.82) is 0 Å². The van der Waals surface area contributed by atoms with Crippen LogP contribution < -0.4 is 14.8 Å². The van der Waals surface area contributed by atoms with Gasteiger partial charge in [0.05, 0.1) is 5.56 Å². The Kier molecular flexibility index (Phi) is 4.60. The Hall–Kier alpha value is -2.83. The molecule has 4 rings (SSSR count). The van der Waals surface area contributed by atoms with Crippen LogP contribution in [0.25, 0.3) is 0 Å². The zero-order valence-corrected chi connectivity index (χ0v) is 14.8. The van der Waals surface area contributed by atoms with Crippen LogP contribution in [0, 0.1) is 5.92 Å². The molecule has 2 aromatic rings. The first-order valence-electron chi connectivity index (χ1n) is 8.97. The van der Waals surface area contributed by atoms with Gasteiger partial charge in [-0.05, 0) is 30.9 Å². The molecule has 3 heterocycles. The number of carbonyl (C=O) groups excluding carboxylic acids is 1. The van der Waals surface area contributed by atoms with Crippen LogP contribution in [0.2, 0.25) is 0 Å². The van der Waals surface area contributed by atoms with Crippen molar-refractivity contribution in [2.45, 2.75) is 19.8 Å². The quantitative estimate of drug-likeness (QED) is 0.913. The number of piperidine rings is 1. The van der Waals surface area contributed by atoms with Crippen LogP contribution >= 0.6 is 0 Å². The van der Waals surface area contributed by atoms with Gasteiger partial charge in [0.25, 0.3) is 5.91 Å². The van der Waals surface area contributed by atoms with E-state index in [-0.39, 0.29) is 5.91 Å². The summed E-state index contributed by atoms with van der Waals surface area (Å²) in [6.45, 7) is 4.89. The van der Waals surface area contributed by atoms with Gasteiger partial charge in [-0.25, -0.2) is 9.97 Å². The molecule has 7 heteroatoms. The predicted octanol–water partition coefficient (Wildman–Crippen LogP) is 2.86. The molecule has 2 aliphatic rings. The lowest BCUT2D eigenvalue weighted by Crippen LogP contribution is -2.39. The van der Waals surface area contributed by atoms with Gasteiger partial charge in [-0.2, -0.15) is 0 Å². The fourth-order valence-corrected chi connectivity index (χ4v) is 3.31. The lowest BCUT2D eigenvalue weighted by Gasteiger charge is -2.30. The summed E-state index contributed by atoms with van der Waals surface area (Å²) < 4.78 is 11.1. The fraction of sp³-hybridized carbons (Fsp3) is 0.421. The van der Waals surface area contributed by atoms with Gasteiger partial charge in [0.1, 0.15) is 13.2 Å². The summed E-state index contributed by atoms with van der Waals surface area (Å²) in [7, 11) is 0. The number of aromatic nitrogens is 2. The van der Waals surface area contributed by atoms with E-state index in [9.17, 15) is 4.79 Å². The van der Waals surface area contributed by atoms with Crippen LogP contribution in [0.15, 0.2) is 30.6 Å². The molecule has 26 heavy (non-hydrogen) atoms. The van der Waals surface area contributed by atoms with E-state index in [4.69, 9.17) is 9.47 Å². The second-order valence-electron chi connectivity index (χ2n) is 6.78. The molecule has 1 unspecified atom stereocenters. The Morgan fingerprint density at radius 3 is 2.73 bits per heavy atom. The molecule has 2 aliphatic heterocycles. The summed E-state index contributed by atoms with van der Waals surface area (Å²) in [6, 6.07) is 5.59. The van der Waals surface area contributed by atoms with E-state index in [0.29, 0.717) is 36.4 Å². The van der Waals surface area contributed by atoms with Gasteiger partial charge in [0, 0.05) is 37.2 Å². The molecule has 136 valence electrons. The number of likely N-dealkylation sites (tertiary alicyclic amines) is 1. The van der Waals surface area contributed by atoms with Crippen molar-refractivity contribution in [3.05, 3.63) is 36.2 Å². The number of ether oxygens (including phenoxy) is 2. The molecule has 7 nitrogen and oxygen atoms in total. The van der Waals surface area contributed by atoms with E-state index >= 15 is 0 Å². The third-order valence-electron chi connectivity index (χ3n) is 4.64. The van der Waals surface area contributed by atoms with E-state index in [1.807, 2.05) is 23.1 Å². The van der Waals surface area contributed by atoms with Crippen molar-refractivity contribution in [1.82, 2.24) is 14.9 Å². The first kappa shape index (κ1) is 16.6. The standard InChI is InChI=1S/C19H22N4O3/c1-13-3-2-6-23(12-13)18(24)14-10-20-19(21-11-14)22-15-4-5-16-17(9-15)26-8-7-25-16/h4-5,9-11,13H,2-3,6-8,12H2,1H3,(H,20,21,22). The number of carbonyl (C=O) groups is 1. The van der Waals surface area contributed by atoms with Crippen LogP contribution in [-0.2, 0) is 0 Å². The first-order chi connectivity index (χ1) is 12.7. The second-order valence-corrected chi connectivity index (χ2v) is 6.78. The van der Waals surface area contributed by atoms with Crippen molar-refractivity contribution in [2.75, 3.05) is 31.6 Å². The molecule has 0 aliphatic carbocycles. The third-order valence-corrected chi connectivity index (χ3v) is 4.64. The predicted molar refractivity (Wildman–Crippen MR) is 97.0 cm³/mol. The molecule has 1 amide bonds. The van der Waals surface area contributed by atoms with Crippen LogP contribution in [0.3, 0.4) is 0 Å². The molecule has 1 aromatic carbocycles. The number of fused-ring (bicyclic) bond motifs is 1. The van der Waals surface area contributed by atoms with Gasteiger partial charge in [-0.1, -0.05) is 6.92 Å². The van der Waals surface area contributed by atoms with Gasteiger partial charge >= 0.3 is 0 Å². The lowest BCUT2D eigenvalue weighted by molar-refractivity contribution is 0.0682. The molecule has 1 N–H and O–H groups in total. The summed E-state index contributed by atoms with van der Waals surface area (Å²) in [6.07, 6.45) is 5.39. The number of hydrogen-bond donors (Lipinski definition) is 1. The highest BCUT2D eigenvalue weighted by Gasteiger charge is 2.22. The van der Waals surface area contributed by atoms with E-state index in [1.54, 1.807) is 12.4 Å². The van der Waals surface area contributed by atoms with Gasteiger partial charge < -0.3 is 19.7 Å². The maximum Gasteiger partial charge on any atom is 0.257 e. The minimum Gasteiger partial charge on any atom is -0.486 e. The zero-order valence-electron chi connectivity index (χ0n) is 14.8. The normalized spacial score (nSPS) is 19.1. The molecule has 0 radical (unpaired) electrons. The Morgan fingerprint density at radius 2 is 1.96 bits per heavy atom. The summed E-state index contributed by atoms with van der Waals surface area (Å²) >= 11 is 0. The number of amides is 1. The van der Waals surface area contributed by atoms with Gasteiger partial charge in [-0.15, -0.1) is 0 Å². The second kappa shape index (κ2) is 7.19. The summed E-state index contributed by atoms with van der Waals surface area (Å²) in [5.41, 5.74) is 1.32. The van der Waals surface area contributed by atoms with E-state index in [0.717, 1.165) is 30.9 Å². The molecule has 0 saturated carbocycles. The summed E-state index contributed by atoms with van der Waals surface area (Å²) in [5, 5.41) is 3.12. The zero-order chi connectivity index (χ0) is 17.9. The molecule has 1 atom stereocenters. The Labute approximate surface area is 152 Å². The van der Waals surface area contributed by atoms with Crippen molar-refractivity contribution in [3.63, 3.8) is 0 Å². The van der Waals surface area contributed by atoms with Crippen molar-refractivity contribution >= 4 is 17.5 Å². The topological polar surface area (TPSA) is 76.6 Å². The van der Waals surface area contributed by atoms with Crippen molar-refractivity contribution in [2.24, 2.45) is 5.92 Å². The van der Waals surface area contributed by atoms with Crippen LogP contribution in [0.5, 0.6) is 11.5 Å². The number of nitrogens with one attached hydrogen (secondary N) is 1. The fourth-order valence-electron chi connectivity index (χ4n) is 3.31. The maximum atomic E-state index is 12.6. The third kappa shape index (κ3) is 3.56. The summed E-state index contributed by atoms with van der Waals surface area (Å²) in [4.78, 5) is 23.0. The Morgan fingerprint density at radius 1 is 1.19 bits per heavy atom. The molecular weight excluding hydrogens is 332 g/mol. The van der Waals surface area contributed by atoms with Gasteiger partial charge in [0.15, 0.2) is 11.5 Å². The van der Waals surface area contributed by atoms with E-state index in [1.165, 1.54) is 6.42 Å². The highest BCUT2D eigenvalue weighted by atomic mass is 16.6. The van der Waals surface area contributed by atoms with E-state index in [2.05, 4.69) is 22.2 Å². The van der Waals surface area contributed by atoms with E-state index < -0.39 is 0 Å². The minimum absolute atomic E-state index is 0.00225. The Bertz CT molecular complexity index is 794. The van der Waals surface area contributed by atoms with Crippen molar-refractivity contribution < 1.29 is 14.3 Å². The Balaban J connectivity index is 1.43. The average molecular weight is 354 g/mol. The summed E-state index contributed by atoms with van der Waals surface area (Å²) in [5.74, 6) is 2.42. The monoisotopic (exact) mass is 354 g/mol. The van der Waals surface area contributed by atoms with Crippen molar-refractivity contribution in [3.8, 4) is 11.5 Å². The lowest BCUT2D eigenvalue weighted by atomic mass is 10.00. The minimum atomic E-state index is 0.00225. The molecule has 1 saturated heterocycles. The maximum absolute atomic E-state index is 12.6. The first-order valence-corrected chi connectivity index (χ1v) is 8.97. The number of benzene rings is 1. The smallest absolute Gasteiger partial charge is 0.257 e. The number of nitrogens with zero attached hydrogens (tertiary/aromatic N) is 3. The largest absolute Gasteiger partial charge is 0.486 e. The van der Waals surface area contributed by atoms with Crippen LogP contribution in [0.4, 0.5) is 11.6 Å². The SMILES string of the molecule is CC1CCCN(C(=O)c2cnc(Nc3ccc4c(c3)OCCO4)nc2)C1. The van der Waals surface area contributed by atoms with Crippen LogP contribution in [0.1, 0.15) is 30.1 Å². The molecule has 1 fully saturated rings. The number of hydrogen-bond acceptors (Lipinski definition) is 6. The molecule has 1 aromatic heterocycles. The highest BCUT2D eigenvalue weighted by molar-refractivity contribution is 5.93. The van der Waals surface area contributed by atoms with Crippen LogP contribution in [-0.4, -0.2) is 47.1 Å². The van der Waals surface area contributed by atoms with Gasteiger partial charge in [0.2, 0.25) is 5.95 Å². The highest BCUT2D eigenvalue weighted by Crippen LogP contribution is 2.33. The number of rotatable bonds is 3.